The van der Waals surface area contributed by atoms with E-state index in [1.807, 2.05) is 36.0 Å². The fourth-order valence-corrected chi connectivity index (χ4v) is 4.17. The summed E-state index contributed by atoms with van der Waals surface area (Å²) in [5, 5.41) is 0. The average molecular weight is 588 g/mol. The summed E-state index contributed by atoms with van der Waals surface area (Å²) < 4.78 is 10.1. The fourth-order valence-electron chi connectivity index (χ4n) is 4.17. The second kappa shape index (κ2) is 7.40. The van der Waals surface area contributed by atoms with Crippen LogP contribution in [0.3, 0.4) is 0 Å². The summed E-state index contributed by atoms with van der Waals surface area (Å²) in [4.78, 5) is 14.6. The van der Waals surface area contributed by atoms with Crippen molar-refractivity contribution in [3.63, 3.8) is 0 Å². The summed E-state index contributed by atoms with van der Waals surface area (Å²) in [6.07, 6.45) is 6.23. The van der Waals surface area contributed by atoms with Crippen LogP contribution >= 0.6 is 0 Å². The van der Waals surface area contributed by atoms with Gasteiger partial charge < -0.3 is 23.6 Å². The van der Waals surface area contributed by atoms with E-state index in [-0.39, 0.29) is 21.1 Å². The molecule has 0 atom stereocenters. The van der Waals surface area contributed by atoms with Crippen molar-refractivity contribution < 1.29 is 25.8 Å². The summed E-state index contributed by atoms with van der Waals surface area (Å²) in [5.74, 6) is 3.41. The Morgan fingerprint density at radius 3 is 2.71 bits per heavy atom. The maximum atomic E-state index is 7.32. The first kappa shape index (κ1) is 19.6. The summed E-state index contributed by atoms with van der Waals surface area (Å²) in [7, 11) is 2.05. The van der Waals surface area contributed by atoms with Crippen LogP contribution in [0.1, 0.15) is 5.56 Å². The maximum absolute atomic E-state index is 7.32. The molecule has 0 aliphatic carbocycles. The molecule has 154 valence electrons. The van der Waals surface area contributed by atoms with Crippen LogP contribution in [0.5, 0.6) is 11.5 Å². The van der Waals surface area contributed by atoms with Crippen molar-refractivity contribution in [3.8, 4) is 34.3 Å². The van der Waals surface area contributed by atoms with E-state index in [4.69, 9.17) is 11.3 Å². The first-order chi connectivity index (χ1) is 14.7. The largest absolute Gasteiger partial charge is 2.00 e. The number of ether oxygens (including phenoxy) is 1. The molecule has 0 N–H and O–H groups in total. The first-order valence-corrected chi connectivity index (χ1v) is 9.66. The summed E-state index contributed by atoms with van der Waals surface area (Å²) in [6, 6.07) is 14.6. The van der Waals surface area contributed by atoms with Crippen LogP contribution in [0.25, 0.3) is 27.6 Å². The number of hydrogen-bond donors (Lipinski definition) is 0. The standard InChI is InChI=1S/C23H16N6O.Pt/c1-24-21-13-26-23-18-11-16(4-3-15(18)7-9-29(21)23)30-17-5-6-20-19(12-17)22-25-8-10-28(22)14-27(20)2;/h3-6,8,10,13H,7,9,14H2,2H3;/q-2;+2. The number of imidazole rings is 2. The Morgan fingerprint density at radius 2 is 1.87 bits per heavy atom. The molecule has 31 heavy (non-hydrogen) atoms. The SMILES string of the molecule is [C-]#[N+]c1cnc2n1CCc1ccc(Oc3[c-]c4c(cc3)N(C)Cn3ccnc3-4)[c-]c1-2.[Pt+2]. The third-order valence-electron chi connectivity index (χ3n) is 5.61. The van der Waals surface area contributed by atoms with Crippen molar-refractivity contribution in [1.82, 2.24) is 19.1 Å². The zero-order valence-corrected chi connectivity index (χ0v) is 18.8. The van der Waals surface area contributed by atoms with Gasteiger partial charge in [-0.3, -0.25) is 9.97 Å². The smallest absolute Gasteiger partial charge is 0.497 e. The van der Waals surface area contributed by atoms with Gasteiger partial charge in [-0.1, -0.05) is 35.9 Å². The summed E-state index contributed by atoms with van der Waals surface area (Å²) in [6.45, 7) is 8.84. The molecule has 0 bridgehead atoms. The molecule has 4 heterocycles. The molecule has 0 spiro atoms. The molecule has 2 aromatic heterocycles. The molecule has 0 fully saturated rings. The molecular formula is C23H16N6OPt. The molecule has 7 nitrogen and oxygen atoms in total. The number of anilines is 1. The Bertz CT molecular complexity index is 1350. The predicted octanol–water partition coefficient (Wildman–Crippen LogP) is 4.32. The zero-order chi connectivity index (χ0) is 20.2. The van der Waals surface area contributed by atoms with E-state index >= 15 is 0 Å². The number of benzene rings is 2. The summed E-state index contributed by atoms with van der Waals surface area (Å²) in [5.41, 5.74) is 4.04. The molecular weight excluding hydrogens is 571 g/mol. The van der Waals surface area contributed by atoms with E-state index in [1.54, 1.807) is 12.4 Å². The van der Waals surface area contributed by atoms with Gasteiger partial charge in [-0.15, -0.1) is 23.8 Å². The number of aromatic nitrogens is 4. The Balaban J connectivity index is 0.00000204. The van der Waals surface area contributed by atoms with Crippen LogP contribution < -0.4 is 9.64 Å². The number of hydrogen-bond acceptors (Lipinski definition) is 4. The van der Waals surface area contributed by atoms with E-state index in [2.05, 4.69) is 42.5 Å². The minimum atomic E-state index is 0. The van der Waals surface area contributed by atoms with E-state index < -0.39 is 0 Å². The minimum absolute atomic E-state index is 0. The molecule has 2 aliphatic rings. The van der Waals surface area contributed by atoms with Crippen molar-refractivity contribution in [2.75, 3.05) is 11.9 Å². The van der Waals surface area contributed by atoms with E-state index in [9.17, 15) is 0 Å². The van der Waals surface area contributed by atoms with E-state index in [0.29, 0.717) is 17.3 Å². The third kappa shape index (κ3) is 3.06. The normalized spacial score (nSPS) is 13.2. The van der Waals surface area contributed by atoms with Crippen LogP contribution in [0.2, 0.25) is 0 Å². The monoisotopic (exact) mass is 587 g/mol. The molecule has 0 saturated heterocycles. The van der Waals surface area contributed by atoms with Gasteiger partial charge in [0, 0.05) is 30.1 Å². The van der Waals surface area contributed by atoms with Crippen molar-refractivity contribution in [2.45, 2.75) is 19.6 Å². The number of rotatable bonds is 2. The molecule has 0 radical (unpaired) electrons. The third-order valence-corrected chi connectivity index (χ3v) is 5.61. The molecule has 6 rings (SSSR count). The molecule has 0 unspecified atom stereocenters. The second-order valence-electron chi connectivity index (χ2n) is 7.42. The molecule has 4 aromatic rings. The number of fused-ring (bicyclic) bond motifs is 6. The predicted molar refractivity (Wildman–Crippen MR) is 111 cm³/mol. The van der Waals surface area contributed by atoms with Crippen molar-refractivity contribution in [3.05, 3.63) is 72.0 Å². The van der Waals surface area contributed by atoms with Gasteiger partial charge in [0.1, 0.15) is 5.82 Å². The first-order valence-electron chi connectivity index (χ1n) is 9.66. The van der Waals surface area contributed by atoms with Gasteiger partial charge in [-0.05, 0) is 19.2 Å². The van der Waals surface area contributed by atoms with Crippen LogP contribution in [0.4, 0.5) is 11.5 Å². The van der Waals surface area contributed by atoms with Gasteiger partial charge >= 0.3 is 21.1 Å². The van der Waals surface area contributed by atoms with Crippen LogP contribution in [-0.4, -0.2) is 26.1 Å². The molecule has 2 aliphatic heterocycles. The maximum Gasteiger partial charge on any atom is 2.00 e. The van der Waals surface area contributed by atoms with Gasteiger partial charge in [0.2, 0.25) is 5.82 Å². The molecule has 2 aromatic carbocycles. The molecule has 0 amide bonds. The zero-order valence-electron chi connectivity index (χ0n) is 16.6. The quantitative estimate of drug-likeness (QED) is 0.328. The molecule has 8 heteroatoms. The van der Waals surface area contributed by atoms with Crippen LogP contribution in [0.15, 0.2) is 42.9 Å². The number of aryl methyl sites for hydroxylation is 1. The van der Waals surface area contributed by atoms with Crippen molar-refractivity contribution in [2.24, 2.45) is 0 Å². The van der Waals surface area contributed by atoms with Gasteiger partial charge in [0.25, 0.3) is 0 Å². The average Bonchev–Trinajstić information content (AvgIpc) is 3.40. The van der Waals surface area contributed by atoms with Gasteiger partial charge in [-0.25, -0.2) is 0 Å². The minimum Gasteiger partial charge on any atom is -0.497 e. The van der Waals surface area contributed by atoms with E-state index in [1.165, 1.54) is 0 Å². The second-order valence-corrected chi connectivity index (χ2v) is 7.42. The van der Waals surface area contributed by atoms with Crippen LogP contribution in [0, 0.1) is 18.7 Å². The fraction of sp³-hybridized carbons (Fsp3) is 0.174. The Kier molecular flexibility index (Phi) is 4.68. The van der Waals surface area contributed by atoms with Crippen molar-refractivity contribution in [1.29, 1.82) is 0 Å². The van der Waals surface area contributed by atoms with Gasteiger partial charge in [0.15, 0.2) is 0 Å². The van der Waals surface area contributed by atoms with Crippen LogP contribution in [-0.2, 0) is 40.7 Å². The topological polar surface area (TPSA) is 52.5 Å². The summed E-state index contributed by atoms with van der Waals surface area (Å²) >= 11 is 0. The van der Waals surface area contributed by atoms with E-state index in [0.717, 1.165) is 53.7 Å². The Morgan fingerprint density at radius 1 is 1.06 bits per heavy atom. The van der Waals surface area contributed by atoms with Gasteiger partial charge in [0.05, 0.1) is 19.0 Å². The van der Waals surface area contributed by atoms with Crippen molar-refractivity contribution >= 4 is 11.5 Å². The number of nitrogens with zero attached hydrogens (tertiary/aromatic N) is 6. The Labute approximate surface area is 194 Å². The molecule has 0 saturated carbocycles. The van der Waals surface area contributed by atoms with Gasteiger partial charge in [-0.2, -0.15) is 0 Å². The Hall–Kier alpha value is -3.36.